The Morgan fingerprint density at radius 1 is 1.44 bits per heavy atom. The molecule has 16 heavy (non-hydrogen) atoms. The summed E-state index contributed by atoms with van der Waals surface area (Å²) in [5.41, 5.74) is 7.50. The number of nitrogens with two attached hydrogens (primary N) is 1. The van der Waals surface area contributed by atoms with E-state index < -0.39 is 5.54 Å². The van der Waals surface area contributed by atoms with Gasteiger partial charge < -0.3 is 10.7 Å². The molecular formula is C11H17N5. The average Bonchev–Trinajstić information content (AvgIpc) is 2.85. The molecule has 3 N–H and O–H groups in total. The molecule has 2 rings (SSSR count). The highest BCUT2D eigenvalue weighted by Gasteiger charge is 2.18. The Morgan fingerprint density at radius 2 is 2.19 bits per heavy atom. The van der Waals surface area contributed by atoms with E-state index in [4.69, 9.17) is 5.73 Å². The summed E-state index contributed by atoms with van der Waals surface area (Å²) < 4.78 is 1.88. The van der Waals surface area contributed by atoms with E-state index in [-0.39, 0.29) is 0 Å². The van der Waals surface area contributed by atoms with Gasteiger partial charge in [-0.1, -0.05) is 0 Å². The average molecular weight is 219 g/mol. The summed E-state index contributed by atoms with van der Waals surface area (Å²) in [4.78, 5) is 7.50. The van der Waals surface area contributed by atoms with Crippen LogP contribution in [0.4, 0.5) is 0 Å². The Kier molecular flexibility index (Phi) is 2.55. The van der Waals surface area contributed by atoms with Gasteiger partial charge in [0.2, 0.25) is 0 Å². The number of aromatic nitrogens is 4. The molecule has 0 saturated carbocycles. The van der Waals surface area contributed by atoms with Crippen LogP contribution >= 0.6 is 0 Å². The number of imidazole rings is 1. The first-order chi connectivity index (χ1) is 7.50. The minimum Gasteiger partial charge on any atom is -0.340 e. The quantitative estimate of drug-likeness (QED) is 0.821. The van der Waals surface area contributed by atoms with E-state index in [2.05, 4.69) is 22.0 Å². The minimum atomic E-state index is -0.445. The molecule has 5 heteroatoms. The minimum absolute atomic E-state index is 0.445. The topological polar surface area (TPSA) is 72.5 Å². The molecule has 0 aliphatic carbocycles. The van der Waals surface area contributed by atoms with Crippen molar-refractivity contribution in [2.24, 2.45) is 5.73 Å². The predicted molar refractivity (Wildman–Crippen MR) is 62.7 cm³/mol. The fraction of sp³-hybridized carbons (Fsp3) is 0.455. The molecule has 0 spiro atoms. The SMILES string of the molecule is CCn1cc(-c2cnc(C(C)(C)N)[nH]2)cn1. The maximum Gasteiger partial charge on any atom is 0.126 e. The Morgan fingerprint density at radius 3 is 2.69 bits per heavy atom. The van der Waals surface area contributed by atoms with Crippen LogP contribution in [0.5, 0.6) is 0 Å². The monoisotopic (exact) mass is 219 g/mol. The third kappa shape index (κ3) is 1.99. The second-order valence-electron chi connectivity index (χ2n) is 4.45. The van der Waals surface area contributed by atoms with Gasteiger partial charge in [-0.25, -0.2) is 4.98 Å². The van der Waals surface area contributed by atoms with Crippen LogP contribution in [0.3, 0.4) is 0 Å². The lowest BCUT2D eigenvalue weighted by atomic mass is 10.1. The predicted octanol–water partition coefficient (Wildman–Crippen LogP) is 1.49. The summed E-state index contributed by atoms with van der Waals surface area (Å²) in [5.74, 6) is 0.784. The molecule has 2 heterocycles. The molecule has 0 aliphatic rings. The molecule has 0 amide bonds. The molecule has 0 aliphatic heterocycles. The Balaban J connectivity index is 2.31. The Bertz CT molecular complexity index is 475. The fourth-order valence-corrected chi connectivity index (χ4v) is 1.47. The van der Waals surface area contributed by atoms with Crippen LogP contribution in [0.2, 0.25) is 0 Å². The highest BCUT2D eigenvalue weighted by molar-refractivity contribution is 5.56. The van der Waals surface area contributed by atoms with Gasteiger partial charge >= 0.3 is 0 Å². The van der Waals surface area contributed by atoms with Crippen molar-refractivity contribution < 1.29 is 0 Å². The smallest absolute Gasteiger partial charge is 0.126 e. The number of nitrogens with one attached hydrogen (secondary N) is 1. The molecule has 0 atom stereocenters. The summed E-state index contributed by atoms with van der Waals surface area (Å²) in [6.07, 6.45) is 5.60. The summed E-state index contributed by atoms with van der Waals surface area (Å²) in [6.45, 7) is 6.76. The standard InChI is InChI=1S/C11H17N5/c1-4-16-7-8(5-14-16)9-6-13-10(15-9)11(2,3)12/h5-7H,4,12H2,1-3H3,(H,13,15). The molecule has 2 aromatic heterocycles. The summed E-state index contributed by atoms with van der Waals surface area (Å²) >= 11 is 0. The number of aryl methyl sites for hydroxylation is 1. The van der Waals surface area contributed by atoms with Crippen LogP contribution < -0.4 is 5.73 Å². The van der Waals surface area contributed by atoms with Crippen molar-refractivity contribution in [1.29, 1.82) is 0 Å². The van der Waals surface area contributed by atoms with Crippen LogP contribution in [0, 0.1) is 0 Å². The third-order valence-corrected chi connectivity index (χ3v) is 2.45. The zero-order valence-corrected chi connectivity index (χ0v) is 9.86. The van der Waals surface area contributed by atoms with E-state index in [0.717, 1.165) is 23.6 Å². The molecule has 0 radical (unpaired) electrons. The van der Waals surface area contributed by atoms with Crippen molar-refractivity contribution in [3.8, 4) is 11.3 Å². The van der Waals surface area contributed by atoms with Gasteiger partial charge in [0.1, 0.15) is 5.82 Å². The van der Waals surface area contributed by atoms with Crippen molar-refractivity contribution in [1.82, 2.24) is 19.7 Å². The number of rotatable bonds is 3. The number of hydrogen-bond donors (Lipinski definition) is 2. The van der Waals surface area contributed by atoms with E-state index in [9.17, 15) is 0 Å². The Labute approximate surface area is 94.7 Å². The van der Waals surface area contributed by atoms with Crippen molar-refractivity contribution in [3.63, 3.8) is 0 Å². The van der Waals surface area contributed by atoms with Crippen LogP contribution in [0.25, 0.3) is 11.3 Å². The number of aromatic amines is 1. The lowest BCUT2D eigenvalue weighted by Gasteiger charge is -2.14. The van der Waals surface area contributed by atoms with Gasteiger partial charge in [-0.15, -0.1) is 0 Å². The van der Waals surface area contributed by atoms with Crippen LogP contribution in [0.15, 0.2) is 18.6 Å². The first kappa shape index (κ1) is 10.9. The highest BCUT2D eigenvalue weighted by Crippen LogP contribution is 2.20. The van der Waals surface area contributed by atoms with E-state index in [0.29, 0.717) is 0 Å². The summed E-state index contributed by atoms with van der Waals surface area (Å²) in [6, 6.07) is 0. The second kappa shape index (κ2) is 3.75. The van der Waals surface area contributed by atoms with Crippen LogP contribution in [0.1, 0.15) is 26.6 Å². The van der Waals surface area contributed by atoms with Gasteiger partial charge in [-0.05, 0) is 20.8 Å². The second-order valence-corrected chi connectivity index (χ2v) is 4.45. The van der Waals surface area contributed by atoms with Gasteiger partial charge in [-0.2, -0.15) is 5.10 Å². The highest BCUT2D eigenvalue weighted by atomic mass is 15.3. The summed E-state index contributed by atoms with van der Waals surface area (Å²) in [7, 11) is 0. The largest absolute Gasteiger partial charge is 0.340 e. The van der Waals surface area contributed by atoms with E-state index >= 15 is 0 Å². The third-order valence-electron chi connectivity index (χ3n) is 2.45. The Hall–Kier alpha value is -1.62. The molecule has 0 bridgehead atoms. The molecular weight excluding hydrogens is 202 g/mol. The van der Waals surface area contributed by atoms with Crippen molar-refractivity contribution in [3.05, 3.63) is 24.4 Å². The maximum absolute atomic E-state index is 5.96. The van der Waals surface area contributed by atoms with E-state index in [1.807, 2.05) is 30.9 Å². The first-order valence-corrected chi connectivity index (χ1v) is 5.38. The number of nitrogens with zero attached hydrogens (tertiary/aromatic N) is 3. The van der Waals surface area contributed by atoms with Gasteiger partial charge in [0, 0.05) is 18.3 Å². The summed E-state index contributed by atoms with van der Waals surface area (Å²) in [5, 5.41) is 4.22. The van der Waals surface area contributed by atoms with Gasteiger partial charge in [0.25, 0.3) is 0 Å². The molecule has 5 nitrogen and oxygen atoms in total. The van der Waals surface area contributed by atoms with Crippen LogP contribution in [-0.4, -0.2) is 19.7 Å². The zero-order chi connectivity index (χ0) is 11.8. The first-order valence-electron chi connectivity index (χ1n) is 5.38. The van der Waals surface area contributed by atoms with Gasteiger partial charge in [-0.3, -0.25) is 4.68 Å². The van der Waals surface area contributed by atoms with Crippen molar-refractivity contribution in [2.75, 3.05) is 0 Å². The van der Waals surface area contributed by atoms with Crippen molar-refractivity contribution in [2.45, 2.75) is 32.9 Å². The molecule has 86 valence electrons. The number of H-pyrrole nitrogens is 1. The lowest BCUT2D eigenvalue weighted by Crippen LogP contribution is -2.30. The van der Waals surface area contributed by atoms with Gasteiger partial charge in [0.05, 0.1) is 23.6 Å². The van der Waals surface area contributed by atoms with E-state index in [1.54, 1.807) is 6.20 Å². The number of hydrogen-bond acceptors (Lipinski definition) is 3. The lowest BCUT2D eigenvalue weighted by molar-refractivity contribution is 0.520. The van der Waals surface area contributed by atoms with E-state index in [1.165, 1.54) is 0 Å². The zero-order valence-electron chi connectivity index (χ0n) is 9.86. The molecule has 0 aromatic carbocycles. The van der Waals surface area contributed by atoms with Crippen molar-refractivity contribution >= 4 is 0 Å². The molecule has 0 saturated heterocycles. The molecule has 0 fully saturated rings. The fourth-order valence-electron chi connectivity index (χ4n) is 1.47. The maximum atomic E-state index is 5.96. The van der Waals surface area contributed by atoms with Crippen LogP contribution in [-0.2, 0) is 12.1 Å². The molecule has 0 unspecified atom stereocenters. The van der Waals surface area contributed by atoms with Gasteiger partial charge in [0.15, 0.2) is 0 Å². The molecule has 2 aromatic rings. The normalized spacial score (nSPS) is 12.0.